The summed E-state index contributed by atoms with van der Waals surface area (Å²) < 4.78 is 35.6. The third-order valence-corrected chi connectivity index (χ3v) is 2.43. The molecule has 2 nitrogen and oxygen atoms in total. The van der Waals surface area contributed by atoms with Crippen LogP contribution in [0.4, 0.5) is 13.2 Å². The van der Waals surface area contributed by atoms with Crippen molar-refractivity contribution in [2.45, 2.75) is 19.1 Å². The van der Waals surface area contributed by atoms with Crippen LogP contribution in [0.1, 0.15) is 17.5 Å². The van der Waals surface area contributed by atoms with E-state index in [1.165, 1.54) is 6.07 Å². The topological polar surface area (TPSA) is 35.8 Å². The van der Waals surface area contributed by atoms with Crippen molar-refractivity contribution in [3.63, 3.8) is 0 Å². The second-order valence-corrected chi connectivity index (χ2v) is 3.87. The molecule has 0 saturated carbocycles. The van der Waals surface area contributed by atoms with E-state index in [2.05, 4.69) is 5.32 Å². The summed E-state index contributed by atoms with van der Waals surface area (Å²) in [5.41, 5.74) is 1.10. The Balaban J connectivity index is 2.45. The number of halogens is 4. The molecule has 1 aromatic carbocycles. The molecule has 0 aromatic heterocycles. The average molecular weight is 263 g/mol. The van der Waals surface area contributed by atoms with Crippen LogP contribution in [0.2, 0.25) is 5.02 Å². The van der Waals surface area contributed by atoms with Gasteiger partial charge in [-0.15, -0.1) is 0 Å². The monoisotopic (exact) mass is 262 g/mol. The van der Waals surface area contributed by atoms with E-state index in [-0.39, 0.29) is 13.1 Å². The van der Waals surface area contributed by atoms with E-state index in [0.717, 1.165) is 0 Å². The van der Waals surface area contributed by atoms with Gasteiger partial charge in [-0.05, 0) is 17.7 Å². The molecule has 6 heteroatoms. The maximum absolute atomic E-state index is 11.9. The van der Waals surface area contributed by atoms with Crippen LogP contribution in [0.25, 0.3) is 0 Å². The third kappa shape index (κ3) is 5.07. The number of rotatable bonds is 4. The standard InChI is InChI=1S/C11H10ClF3N2/c12-10-5-8(6-16)1-2-9(10)7-17-4-3-11(13,14)15/h1-2,5,17H,3-4,7H2. The molecule has 1 aromatic rings. The fourth-order valence-corrected chi connectivity index (χ4v) is 1.46. The van der Waals surface area contributed by atoms with Crippen molar-refractivity contribution >= 4 is 11.6 Å². The molecule has 0 amide bonds. The first-order valence-electron chi connectivity index (χ1n) is 4.88. The van der Waals surface area contributed by atoms with Gasteiger partial charge >= 0.3 is 6.18 Å². The number of benzene rings is 1. The highest BCUT2D eigenvalue weighted by Gasteiger charge is 2.25. The lowest BCUT2D eigenvalue weighted by Crippen LogP contribution is -2.21. The van der Waals surface area contributed by atoms with E-state index in [4.69, 9.17) is 16.9 Å². The van der Waals surface area contributed by atoms with E-state index in [1.807, 2.05) is 6.07 Å². The van der Waals surface area contributed by atoms with E-state index >= 15 is 0 Å². The van der Waals surface area contributed by atoms with E-state index < -0.39 is 12.6 Å². The van der Waals surface area contributed by atoms with Crippen LogP contribution in [0.15, 0.2) is 18.2 Å². The number of hydrogen-bond donors (Lipinski definition) is 1. The van der Waals surface area contributed by atoms with Crippen LogP contribution in [0.5, 0.6) is 0 Å². The Bertz CT molecular complexity index is 424. The van der Waals surface area contributed by atoms with Gasteiger partial charge in [0.05, 0.1) is 18.1 Å². The van der Waals surface area contributed by atoms with Crippen molar-refractivity contribution in [2.24, 2.45) is 0 Å². The summed E-state index contributed by atoms with van der Waals surface area (Å²) in [5, 5.41) is 11.6. The zero-order chi connectivity index (χ0) is 12.9. The fraction of sp³-hybridized carbons (Fsp3) is 0.364. The highest BCUT2D eigenvalue weighted by Crippen LogP contribution is 2.19. The van der Waals surface area contributed by atoms with Gasteiger partial charge in [0.2, 0.25) is 0 Å². The molecule has 0 unspecified atom stereocenters. The average Bonchev–Trinajstić information content (AvgIpc) is 2.24. The molecule has 0 aliphatic carbocycles. The maximum atomic E-state index is 11.9. The summed E-state index contributed by atoms with van der Waals surface area (Å²) in [4.78, 5) is 0. The molecule has 0 aliphatic rings. The van der Waals surface area contributed by atoms with Crippen molar-refractivity contribution in [3.8, 4) is 6.07 Å². The van der Waals surface area contributed by atoms with Crippen LogP contribution in [-0.2, 0) is 6.54 Å². The van der Waals surface area contributed by atoms with Gasteiger partial charge in [0.15, 0.2) is 0 Å². The third-order valence-electron chi connectivity index (χ3n) is 2.08. The van der Waals surface area contributed by atoms with Crippen LogP contribution in [-0.4, -0.2) is 12.7 Å². The second kappa shape index (κ2) is 5.89. The van der Waals surface area contributed by atoms with Gasteiger partial charge < -0.3 is 5.32 Å². The molecule has 0 saturated heterocycles. The lowest BCUT2D eigenvalue weighted by atomic mass is 10.1. The predicted octanol–water partition coefficient (Wildman–Crippen LogP) is 3.25. The highest BCUT2D eigenvalue weighted by atomic mass is 35.5. The lowest BCUT2D eigenvalue weighted by Gasteiger charge is -2.08. The molecule has 0 aliphatic heterocycles. The van der Waals surface area contributed by atoms with Gasteiger partial charge in [-0.3, -0.25) is 0 Å². The van der Waals surface area contributed by atoms with Crippen molar-refractivity contribution in [1.82, 2.24) is 5.32 Å². The van der Waals surface area contributed by atoms with Gasteiger partial charge in [0.25, 0.3) is 0 Å². The number of nitrogens with zero attached hydrogens (tertiary/aromatic N) is 1. The Morgan fingerprint density at radius 2 is 2.06 bits per heavy atom. The summed E-state index contributed by atoms with van der Waals surface area (Å²) in [6.45, 7) is 0.0977. The van der Waals surface area contributed by atoms with Crippen molar-refractivity contribution in [3.05, 3.63) is 34.3 Å². The lowest BCUT2D eigenvalue weighted by molar-refractivity contribution is -0.133. The molecule has 0 fully saturated rings. The van der Waals surface area contributed by atoms with Crippen LogP contribution < -0.4 is 5.32 Å². The maximum Gasteiger partial charge on any atom is 0.390 e. The molecule has 0 radical (unpaired) electrons. The molecular weight excluding hydrogens is 253 g/mol. The Morgan fingerprint density at radius 1 is 1.35 bits per heavy atom. The summed E-state index contributed by atoms with van der Waals surface area (Å²) in [7, 11) is 0. The van der Waals surface area contributed by atoms with Crippen LogP contribution in [0, 0.1) is 11.3 Å². The summed E-state index contributed by atoms with van der Waals surface area (Å²) in [5.74, 6) is 0. The molecule has 0 bridgehead atoms. The van der Waals surface area contributed by atoms with Crippen molar-refractivity contribution in [2.75, 3.05) is 6.54 Å². The number of nitriles is 1. The van der Waals surface area contributed by atoms with Crippen molar-refractivity contribution < 1.29 is 13.2 Å². The van der Waals surface area contributed by atoms with Gasteiger partial charge in [-0.2, -0.15) is 18.4 Å². The molecule has 92 valence electrons. The molecule has 0 spiro atoms. The zero-order valence-electron chi connectivity index (χ0n) is 8.81. The largest absolute Gasteiger partial charge is 0.390 e. The fourth-order valence-electron chi connectivity index (χ4n) is 1.21. The summed E-state index contributed by atoms with van der Waals surface area (Å²) in [6.07, 6.45) is -5.03. The van der Waals surface area contributed by atoms with E-state index in [0.29, 0.717) is 16.1 Å². The minimum atomic E-state index is -4.15. The molecule has 17 heavy (non-hydrogen) atoms. The summed E-state index contributed by atoms with van der Waals surface area (Å²) >= 11 is 5.86. The molecular formula is C11H10ClF3N2. The second-order valence-electron chi connectivity index (χ2n) is 3.46. The Morgan fingerprint density at radius 3 is 2.59 bits per heavy atom. The first-order chi connectivity index (χ1) is 7.92. The molecule has 0 atom stereocenters. The number of alkyl halides is 3. The van der Waals surface area contributed by atoms with E-state index in [9.17, 15) is 13.2 Å². The smallest absolute Gasteiger partial charge is 0.312 e. The Labute approximate surface area is 102 Å². The summed E-state index contributed by atoms with van der Waals surface area (Å²) in [6, 6.07) is 6.62. The normalized spacial score (nSPS) is 11.2. The number of nitrogens with one attached hydrogen (secondary N) is 1. The molecule has 1 rings (SSSR count). The molecule has 0 heterocycles. The first-order valence-corrected chi connectivity index (χ1v) is 5.26. The number of hydrogen-bond acceptors (Lipinski definition) is 2. The van der Waals surface area contributed by atoms with E-state index in [1.54, 1.807) is 12.1 Å². The van der Waals surface area contributed by atoms with Gasteiger partial charge in [0.1, 0.15) is 0 Å². The SMILES string of the molecule is N#Cc1ccc(CNCCC(F)(F)F)c(Cl)c1. The first kappa shape index (κ1) is 13.8. The minimum Gasteiger partial charge on any atom is -0.312 e. The zero-order valence-corrected chi connectivity index (χ0v) is 9.57. The van der Waals surface area contributed by atoms with Gasteiger partial charge in [-0.25, -0.2) is 0 Å². The Hall–Kier alpha value is -1.25. The van der Waals surface area contributed by atoms with Gasteiger partial charge in [-0.1, -0.05) is 17.7 Å². The minimum absolute atomic E-state index is 0.153. The van der Waals surface area contributed by atoms with Crippen molar-refractivity contribution in [1.29, 1.82) is 5.26 Å². The highest BCUT2D eigenvalue weighted by molar-refractivity contribution is 6.31. The Kier molecular flexibility index (Phi) is 4.79. The van der Waals surface area contributed by atoms with Crippen LogP contribution >= 0.6 is 11.6 Å². The van der Waals surface area contributed by atoms with Crippen LogP contribution in [0.3, 0.4) is 0 Å². The molecule has 1 N–H and O–H groups in total. The predicted molar refractivity (Wildman–Crippen MR) is 58.5 cm³/mol. The van der Waals surface area contributed by atoms with Gasteiger partial charge in [0, 0.05) is 18.1 Å². The quantitative estimate of drug-likeness (QED) is 0.846.